The highest BCUT2D eigenvalue weighted by Gasteiger charge is 2.42. The van der Waals surface area contributed by atoms with E-state index in [1.165, 1.54) is 6.20 Å². The van der Waals surface area contributed by atoms with Crippen LogP contribution in [0.2, 0.25) is 0 Å². The normalized spacial score (nSPS) is 28.1. The van der Waals surface area contributed by atoms with Gasteiger partial charge in [0.2, 0.25) is 0 Å². The number of rotatable bonds is 3. The first-order valence-electron chi connectivity index (χ1n) is 6.91. The van der Waals surface area contributed by atoms with E-state index in [-0.39, 0.29) is 12.3 Å². The molecule has 2 bridgehead atoms. The highest BCUT2D eigenvalue weighted by atomic mass is 16.4. The Morgan fingerprint density at radius 3 is 2.75 bits per heavy atom. The van der Waals surface area contributed by atoms with Crippen molar-refractivity contribution in [1.29, 1.82) is 5.26 Å². The Hall–Kier alpha value is -2.16. The molecule has 2 aliphatic rings. The zero-order valence-electron chi connectivity index (χ0n) is 11.1. The van der Waals surface area contributed by atoms with Crippen LogP contribution in [-0.4, -0.2) is 33.4 Å². The molecule has 2 unspecified atom stereocenters. The first kappa shape index (κ1) is 12.9. The van der Waals surface area contributed by atoms with Gasteiger partial charge in [-0.3, -0.25) is 4.79 Å². The zero-order chi connectivity index (χ0) is 14.1. The monoisotopic (exact) mass is 272 g/mol. The molecule has 1 aromatic heterocycles. The Bertz CT molecular complexity index is 555. The smallest absolute Gasteiger partial charge is 0.303 e. The van der Waals surface area contributed by atoms with Crippen LogP contribution in [0.4, 0.5) is 5.82 Å². The Morgan fingerprint density at radius 1 is 1.45 bits per heavy atom. The molecule has 3 heterocycles. The molecule has 1 N–H and O–H groups in total. The predicted octanol–water partition coefficient (Wildman–Crippen LogP) is 1.57. The molecule has 0 saturated carbocycles. The number of carbonyl (C=O) groups is 1. The number of aromatic nitrogens is 2. The fourth-order valence-corrected chi connectivity index (χ4v) is 3.65. The van der Waals surface area contributed by atoms with Gasteiger partial charge in [0, 0.05) is 18.5 Å². The van der Waals surface area contributed by atoms with E-state index in [2.05, 4.69) is 21.2 Å². The Kier molecular flexibility index (Phi) is 3.26. The van der Waals surface area contributed by atoms with E-state index in [0.717, 1.165) is 25.7 Å². The summed E-state index contributed by atoms with van der Waals surface area (Å²) in [5.41, 5.74) is 0.550. The average molecular weight is 272 g/mol. The molecule has 0 radical (unpaired) electrons. The van der Waals surface area contributed by atoms with Crippen LogP contribution in [0.3, 0.4) is 0 Å². The molecule has 6 heteroatoms. The summed E-state index contributed by atoms with van der Waals surface area (Å²) in [5, 5.41) is 26.2. The van der Waals surface area contributed by atoms with Gasteiger partial charge >= 0.3 is 5.97 Å². The molecule has 0 aromatic carbocycles. The van der Waals surface area contributed by atoms with Gasteiger partial charge in [0.05, 0.1) is 11.8 Å². The molecule has 2 atom stereocenters. The number of hydrogen-bond acceptors (Lipinski definition) is 5. The van der Waals surface area contributed by atoms with Crippen LogP contribution in [0.25, 0.3) is 0 Å². The number of fused-ring (bicyclic) bond motifs is 2. The van der Waals surface area contributed by atoms with E-state index >= 15 is 0 Å². The third kappa shape index (κ3) is 2.20. The summed E-state index contributed by atoms with van der Waals surface area (Å²) in [6.45, 7) is 0. The molecule has 0 amide bonds. The SMILES string of the molecule is N#Cc1ccnnc1N1C2CCC1CC(CC(=O)O)C2. The summed E-state index contributed by atoms with van der Waals surface area (Å²) in [6.07, 6.45) is 5.59. The topological polar surface area (TPSA) is 90.1 Å². The van der Waals surface area contributed by atoms with Gasteiger partial charge in [0.25, 0.3) is 0 Å². The largest absolute Gasteiger partial charge is 0.481 e. The second kappa shape index (κ2) is 5.08. The summed E-state index contributed by atoms with van der Waals surface area (Å²) in [5.74, 6) is 0.180. The average Bonchev–Trinajstić information content (AvgIpc) is 2.69. The number of piperidine rings is 1. The molecule has 20 heavy (non-hydrogen) atoms. The van der Waals surface area contributed by atoms with Gasteiger partial charge < -0.3 is 10.0 Å². The van der Waals surface area contributed by atoms with Crippen molar-refractivity contribution in [1.82, 2.24) is 10.2 Å². The summed E-state index contributed by atoms with van der Waals surface area (Å²) in [7, 11) is 0. The van der Waals surface area contributed by atoms with Crippen LogP contribution in [0, 0.1) is 17.2 Å². The third-order valence-corrected chi connectivity index (χ3v) is 4.36. The molecular formula is C14H16N4O2. The van der Waals surface area contributed by atoms with Crippen LogP contribution < -0.4 is 4.90 Å². The van der Waals surface area contributed by atoms with Crippen LogP contribution in [0.1, 0.15) is 37.7 Å². The summed E-state index contributed by atoms with van der Waals surface area (Å²) < 4.78 is 0. The minimum atomic E-state index is -0.722. The van der Waals surface area contributed by atoms with Gasteiger partial charge in [-0.25, -0.2) is 0 Å². The highest BCUT2D eigenvalue weighted by molar-refractivity contribution is 5.67. The van der Waals surface area contributed by atoms with Gasteiger partial charge in [-0.15, -0.1) is 5.10 Å². The number of nitriles is 1. The second-order valence-corrected chi connectivity index (χ2v) is 5.61. The van der Waals surface area contributed by atoms with Crippen LogP contribution in [0.15, 0.2) is 12.3 Å². The van der Waals surface area contributed by atoms with Crippen LogP contribution in [-0.2, 0) is 4.79 Å². The van der Waals surface area contributed by atoms with E-state index < -0.39 is 5.97 Å². The standard InChI is InChI=1S/C14H16N4O2/c15-8-10-3-4-16-17-14(10)18-11-1-2-12(18)6-9(5-11)7-13(19)20/h3-4,9,11-12H,1-2,5-7H2,(H,19,20). The van der Waals surface area contributed by atoms with Crippen molar-refractivity contribution in [3.05, 3.63) is 17.8 Å². The lowest BCUT2D eigenvalue weighted by atomic mass is 9.88. The van der Waals surface area contributed by atoms with Crippen molar-refractivity contribution in [3.8, 4) is 6.07 Å². The van der Waals surface area contributed by atoms with Crippen molar-refractivity contribution < 1.29 is 9.90 Å². The van der Waals surface area contributed by atoms with E-state index in [9.17, 15) is 10.1 Å². The molecular weight excluding hydrogens is 256 g/mol. The van der Waals surface area contributed by atoms with Crippen LogP contribution in [0.5, 0.6) is 0 Å². The van der Waals surface area contributed by atoms with Crippen molar-refractivity contribution in [2.75, 3.05) is 4.90 Å². The lowest BCUT2D eigenvalue weighted by Gasteiger charge is -2.39. The Labute approximate surface area is 117 Å². The van der Waals surface area contributed by atoms with E-state index in [0.29, 0.717) is 23.5 Å². The minimum absolute atomic E-state index is 0.239. The van der Waals surface area contributed by atoms with Gasteiger partial charge in [-0.1, -0.05) is 0 Å². The number of nitrogens with zero attached hydrogens (tertiary/aromatic N) is 4. The number of hydrogen-bond donors (Lipinski definition) is 1. The molecule has 0 aliphatic carbocycles. The number of aliphatic carboxylic acids is 1. The number of carboxylic acids is 1. The molecule has 1 aromatic rings. The van der Waals surface area contributed by atoms with Gasteiger partial charge in [-0.2, -0.15) is 10.4 Å². The van der Waals surface area contributed by atoms with E-state index in [1.807, 2.05) is 0 Å². The van der Waals surface area contributed by atoms with Gasteiger partial charge in [0.1, 0.15) is 6.07 Å². The zero-order valence-corrected chi connectivity index (χ0v) is 11.1. The Balaban J connectivity index is 1.84. The van der Waals surface area contributed by atoms with Crippen molar-refractivity contribution >= 4 is 11.8 Å². The third-order valence-electron chi connectivity index (χ3n) is 4.36. The fourth-order valence-electron chi connectivity index (χ4n) is 3.65. The second-order valence-electron chi connectivity index (χ2n) is 5.61. The highest BCUT2D eigenvalue weighted by Crippen LogP contribution is 2.42. The van der Waals surface area contributed by atoms with Crippen molar-refractivity contribution in [2.24, 2.45) is 5.92 Å². The molecule has 0 spiro atoms. The molecule has 6 nitrogen and oxygen atoms in total. The van der Waals surface area contributed by atoms with E-state index in [1.54, 1.807) is 6.07 Å². The van der Waals surface area contributed by atoms with Crippen molar-refractivity contribution in [2.45, 2.75) is 44.2 Å². The van der Waals surface area contributed by atoms with Crippen LogP contribution >= 0.6 is 0 Å². The molecule has 2 aliphatic heterocycles. The lowest BCUT2D eigenvalue weighted by Crippen LogP contribution is -2.44. The molecule has 2 fully saturated rings. The van der Waals surface area contributed by atoms with E-state index in [4.69, 9.17) is 5.11 Å². The summed E-state index contributed by atoms with van der Waals surface area (Å²) in [6, 6.07) is 4.44. The van der Waals surface area contributed by atoms with Gasteiger partial charge in [0.15, 0.2) is 5.82 Å². The first-order valence-corrected chi connectivity index (χ1v) is 6.91. The first-order chi connectivity index (χ1) is 9.69. The maximum Gasteiger partial charge on any atom is 0.303 e. The van der Waals surface area contributed by atoms with Gasteiger partial charge in [-0.05, 0) is 37.7 Å². The Morgan fingerprint density at radius 2 is 2.15 bits per heavy atom. The van der Waals surface area contributed by atoms with Crippen molar-refractivity contribution in [3.63, 3.8) is 0 Å². The molecule has 104 valence electrons. The number of anilines is 1. The maximum absolute atomic E-state index is 10.9. The quantitative estimate of drug-likeness (QED) is 0.898. The molecule has 2 saturated heterocycles. The maximum atomic E-state index is 10.9. The summed E-state index contributed by atoms with van der Waals surface area (Å²) >= 11 is 0. The lowest BCUT2D eigenvalue weighted by molar-refractivity contribution is -0.138. The summed E-state index contributed by atoms with van der Waals surface area (Å²) in [4.78, 5) is 13.1. The minimum Gasteiger partial charge on any atom is -0.481 e. The number of carboxylic acid groups (broad SMARTS) is 1. The fraction of sp³-hybridized carbons (Fsp3) is 0.571. The predicted molar refractivity (Wildman–Crippen MR) is 71.0 cm³/mol. The molecule has 3 rings (SSSR count).